The summed E-state index contributed by atoms with van der Waals surface area (Å²) in [6, 6.07) is 0. The molecule has 104 valence electrons. The Balaban J connectivity index is 1.91. The molecule has 2 rings (SSSR count). The predicted octanol–water partition coefficient (Wildman–Crippen LogP) is 0.395. The average Bonchev–Trinajstić information content (AvgIpc) is 2.98. The van der Waals surface area contributed by atoms with Gasteiger partial charge in [-0.25, -0.2) is 9.55 Å². The first-order valence-electron chi connectivity index (χ1n) is 6.12. The molecule has 0 aliphatic carbocycles. The first kappa shape index (κ1) is 13.5. The van der Waals surface area contributed by atoms with Crippen molar-refractivity contribution in [3.8, 4) is 0 Å². The third-order valence-corrected chi connectivity index (χ3v) is 3.07. The first-order chi connectivity index (χ1) is 9.08. The van der Waals surface area contributed by atoms with Crippen LogP contribution in [0.1, 0.15) is 18.7 Å². The van der Waals surface area contributed by atoms with Crippen LogP contribution in [0.25, 0.3) is 0 Å². The fourth-order valence-electron chi connectivity index (χ4n) is 2.03. The van der Waals surface area contributed by atoms with Crippen LogP contribution < -0.4 is 5.32 Å². The summed E-state index contributed by atoms with van der Waals surface area (Å²) in [7, 11) is 0. The van der Waals surface area contributed by atoms with Crippen LogP contribution in [-0.2, 0) is 16.1 Å². The molecule has 8 nitrogen and oxygen atoms in total. The predicted molar refractivity (Wildman–Crippen MR) is 65.6 cm³/mol. The largest absolute Gasteiger partial charge is 0.376 e. The highest BCUT2D eigenvalue weighted by Crippen LogP contribution is 2.13. The molecule has 1 amide bonds. The van der Waals surface area contributed by atoms with E-state index >= 15 is 0 Å². The van der Waals surface area contributed by atoms with Gasteiger partial charge in [-0.3, -0.25) is 4.79 Å². The topological polar surface area (TPSA) is 99.3 Å². The molecule has 1 aliphatic rings. The summed E-state index contributed by atoms with van der Waals surface area (Å²) in [5.74, 6) is -0.0107. The van der Waals surface area contributed by atoms with Crippen molar-refractivity contribution >= 4 is 11.7 Å². The number of aryl methyl sites for hydroxylation is 1. The lowest BCUT2D eigenvalue weighted by Gasteiger charge is -2.10. The van der Waals surface area contributed by atoms with Crippen LogP contribution in [0, 0.1) is 17.0 Å². The maximum atomic E-state index is 11.8. The second kappa shape index (κ2) is 5.79. The number of aromatic nitrogens is 2. The number of hydrogen-bond acceptors (Lipinski definition) is 5. The molecule has 1 atom stereocenters. The standard InChI is InChI=1S/C11H16N4O4/c1-8-12-6-11(15(17)18)14(8)7-10(16)13-5-9-3-2-4-19-9/h6,9H,2-5,7H2,1H3,(H,13,16). The van der Waals surface area contributed by atoms with Gasteiger partial charge in [0.05, 0.1) is 6.10 Å². The van der Waals surface area contributed by atoms with Gasteiger partial charge < -0.3 is 20.2 Å². The Morgan fingerprint density at radius 1 is 1.74 bits per heavy atom. The summed E-state index contributed by atoms with van der Waals surface area (Å²) >= 11 is 0. The van der Waals surface area contributed by atoms with E-state index in [0.29, 0.717) is 12.4 Å². The number of hydrogen-bond donors (Lipinski definition) is 1. The number of imidazole rings is 1. The minimum absolute atomic E-state index is 0.0582. The number of nitrogens with one attached hydrogen (secondary N) is 1. The number of nitrogens with zero attached hydrogens (tertiary/aromatic N) is 3. The van der Waals surface area contributed by atoms with Crippen molar-refractivity contribution in [1.29, 1.82) is 0 Å². The zero-order chi connectivity index (χ0) is 13.8. The van der Waals surface area contributed by atoms with Crippen LogP contribution in [0.3, 0.4) is 0 Å². The molecule has 19 heavy (non-hydrogen) atoms. The molecule has 1 aromatic heterocycles. The van der Waals surface area contributed by atoms with E-state index < -0.39 is 4.92 Å². The number of carbonyl (C=O) groups is 1. The molecular formula is C11H16N4O4. The fraction of sp³-hybridized carbons (Fsp3) is 0.636. The summed E-state index contributed by atoms with van der Waals surface area (Å²) in [5, 5.41) is 13.5. The Bertz CT molecular complexity index is 479. The average molecular weight is 268 g/mol. The van der Waals surface area contributed by atoms with Crippen molar-refractivity contribution in [3.05, 3.63) is 22.1 Å². The van der Waals surface area contributed by atoms with Crippen LogP contribution >= 0.6 is 0 Å². The van der Waals surface area contributed by atoms with Crippen LogP contribution in [0.5, 0.6) is 0 Å². The van der Waals surface area contributed by atoms with Gasteiger partial charge >= 0.3 is 5.82 Å². The molecular weight excluding hydrogens is 252 g/mol. The number of nitro groups is 1. The zero-order valence-electron chi connectivity index (χ0n) is 10.7. The van der Waals surface area contributed by atoms with Crippen molar-refractivity contribution in [3.63, 3.8) is 0 Å². The molecule has 1 unspecified atom stereocenters. The van der Waals surface area contributed by atoms with Crippen molar-refractivity contribution in [2.24, 2.45) is 0 Å². The lowest BCUT2D eigenvalue weighted by atomic mass is 10.2. The molecule has 8 heteroatoms. The first-order valence-corrected chi connectivity index (χ1v) is 6.12. The van der Waals surface area contributed by atoms with Crippen molar-refractivity contribution < 1.29 is 14.5 Å². The fourth-order valence-corrected chi connectivity index (χ4v) is 2.03. The molecule has 2 heterocycles. The number of rotatable bonds is 5. The van der Waals surface area contributed by atoms with Crippen LogP contribution in [0.15, 0.2) is 6.20 Å². The van der Waals surface area contributed by atoms with Crippen molar-refractivity contribution in [2.75, 3.05) is 13.2 Å². The minimum atomic E-state index is -0.548. The Hall–Kier alpha value is -1.96. The summed E-state index contributed by atoms with van der Waals surface area (Å²) in [4.78, 5) is 25.8. The van der Waals surface area contributed by atoms with Gasteiger partial charge in [-0.1, -0.05) is 0 Å². The van der Waals surface area contributed by atoms with E-state index in [1.54, 1.807) is 6.92 Å². The normalized spacial score (nSPS) is 18.5. The van der Waals surface area contributed by atoms with Gasteiger partial charge in [0.1, 0.15) is 6.20 Å². The maximum absolute atomic E-state index is 11.8. The lowest BCUT2D eigenvalue weighted by Crippen LogP contribution is -2.34. The highest BCUT2D eigenvalue weighted by molar-refractivity contribution is 5.76. The van der Waals surface area contributed by atoms with Gasteiger partial charge in [0.2, 0.25) is 0 Å². The Morgan fingerprint density at radius 2 is 2.53 bits per heavy atom. The summed E-state index contributed by atoms with van der Waals surface area (Å²) < 4.78 is 6.66. The van der Waals surface area contributed by atoms with Gasteiger partial charge in [0.15, 0.2) is 12.4 Å². The number of ether oxygens (including phenoxy) is 1. The van der Waals surface area contributed by atoms with Gasteiger partial charge in [0, 0.05) is 20.1 Å². The smallest absolute Gasteiger partial charge is 0.343 e. The van der Waals surface area contributed by atoms with E-state index in [-0.39, 0.29) is 24.4 Å². The van der Waals surface area contributed by atoms with Crippen molar-refractivity contribution in [1.82, 2.24) is 14.9 Å². The summed E-state index contributed by atoms with van der Waals surface area (Å²) in [6.45, 7) is 2.70. The third kappa shape index (κ3) is 3.28. The maximum Gasteiger partial charge on any atom is 0.343 e. The minimum Gasteiger partial charge on any atom is -0.376 e. The second-order valence-corrected chi connectivity index (χ2v) is 4.45. The van der Waals surface area contributed by atoms with Gasteiger partial charge in [-0.15, -0.1) is 0 Å². The third-order valence-electron chi connectivity index (χ3n) is 3.07. The van der Waals surface area contributed by atoms with Crippen LogP contribution in [-0.4, -0.2) is 39.6 Å². The molecule has 0 saturated carbocycles. The van der Waals surface area contributed by atoms with E-state index in [1.165, 1.54) is 4.57 Å². The van der Waals surface area contributed by atoms with Gasteiger partial charge in [-0.2, -0.15) is 0 Å². The highest BCUT2D eigenvalue weighted by Gasteiger charge is 2.21. The highest BCUT2D eigenvalue weighted by atomic mass is 16.6. The molecule has 0 radical (unpaired) electrons. The van der Waals surface area contributed by atoms with E-state index in [1.807, 2.05) is 0 Å². The van der Waals surface area contributed by atoms with E-state index in [0.717, 1.165) is 25.6 Å². The monoisotopic (exact) mass is 268 g/mol. The molecule has 0 aromatic carbocycles. The number of amides is 1. The van der Waals surface area contributed by atoms with Crippen LogP contribution in [0.2, 0.25) is 0 Å². The lowest BCUT2D eigenvalue weighted by molar-refractivity contribution is -0.392. The van der Waals surface area contributed by atoms with Crippen molar-refractivity contribution in [2.45, 2.75) is 32.4 Å². The summed E-state index contributed by atoms with van der Waals surface area (Å²) in [5.41, 5.74) is 0. The Labute approximate surface area is 109 Å². The van der Waals surface area contributed by atoms with E-state index in [2.05, 4.69) is 10.3 Å². The molecule has 1 fully saturated rings. The Kier molecular flexibility index (Phi) is 4.10. The number of carbonyl (C=O) groups excluding carboxylic acids is 1. The van der Waals surface area contributed by atoms with Gasteiger partial charge in [-0.05, 0) is 17.8 Å². The summed E-state index contributed by atoms with van der Waals surface area (Å²) in [6.07, 6.45) is 3.16. The molecule has 0 bridgehead atoms. The molecule has 0 spiro atoms. The second-order valence-electron chi connectivity index (χ2n) is 4.45. The molecule has 1 saturated heterocycles. The molecule has 1 N–H and O–H groups in total. The van der Waals surface area contributed by atoms with E-state index in [4.69, 9.17) is 4.74 Å². The van der Waals surface area contributed by atoms with E-state index in [9.17, 15) is 14.9 Å². The zero-order valence-corrected chi connectivity index (χ0v) is 10.7. The van der Waals surface area contributed by atoms with Crippen LogP contribution in [0.4, 0.5) is 5.82 Å². The molecule has 1 aromatic rings. The molecule has 1 aliphatic heterocycles. The SMILES string of the molecule is Cc1ncc([N+](=O)[O-])n1CC(=O)NCC1CCCO1. The quantitative estimate of drug-likeness (QED) is 0.615. The van der Waals surface area contributed by atoms with Gasteiger partial charge in [0.25, 0.3) is 5.91 Å². The Morgan fingerprint density at radius 3 is 3.16 bits per heavy atom.